The number of nitrogens with zero attached hydrogens (tertiary/aromatic N) is 4. The Morgan fingerprint density at radius 1 is 1.30 bits per heavy atom. The summed E-state index contributed by atoms with van der Waals surface area (Å²) in [5.41, 5.74) is 0.155. The average Bonchev–Trinajstić information content (AvgIpc) is 3.19. The van der Waals surface area contributed by atoms with Gasteiger partial charge in [-0.3, -0.25) is 9.89 Å². The molecular weight excluding hydrogens is 412 g/mol. The number of hydrogen-bond acceptors (Lipinski definition) is 9. The normalized spacial score (nSPS) is 21.4. The van der Waals surface area contributed by atoms with Gasteiger partial charge in [0.25, 0.3) is 5.91 Å². The Labute approximate surface area is 174 Å². The Hall–Kier alpha value is -2.73. The topological polar surface area (TPSA) is 139 Å². The molecule has 2 atom stereocenters. The highest BCUT2D eigenvalue weighted by molar-refractivity contribution is 7.91. The van der Waals surface area contributed by atoms with E-state index >= 15 is 0 Å². The molecule has 1 fully saturated rings. The van der Waals surface area contributed by atoms with Crippen LogP contribution in [0.2, 0.25) is 0 Å². The number of amides is 1. The first kappa shape index (κ1) is 20.5. The van der Waals surface area contributed by atoms with Crippen LogP contribution in [-0.4, -0.2) is 72.7 Å². The summed E-state index contributed by atoms with van der Waals surface area (Å²) in [6.45, 7) is 6.32. The van der Waals surface area contributed by atoms with Crippen LogP contribution in [0.15, 0.2) is 12.3 Å². The number of aromatic nitrogens is 4. The van der Waals surface area contributed by atoms with E-state index in [0.29, 0.717) is 31.5 Å². The number of ether oxygens (including phenoxy) is 2. The van der Waals surface area contributed by atoms with Crippen molar-refractivity contribution in [3.8, 4) is 5.75 Å². The van der Waals surface area contributed by atoms with Gasteiger partial charge in [0.05, 0.1) is 31.5 Å². The Morgan fingerprint density at radius 2 is 2.07 bits per heavy atom. The minimum absolute atomic E-state index is 0.0287. The summed E-state index contributed by atoms with van der Waals surface area (Å²) in [6, 6.07) is 1.47. The Kier molecular flexibility index (Phi) is 4.93. The number of fused-ring (bicyclic) bond motifs is 3. The fourth-order valence-electron chi connectivity index (χ4n) is 3.52. The fraction of sp³-hybridized carbons (Fsp3) is 0.556. The maximum atomic E-state index is 12.9. The lowest BCUT2D eigenvalue weighted by atomic mass is 10.0. The van der Waals surface area contributed by atoms with E-state index in [1.807, 2.05) is 11.8 Å². The lowest BCUT2D eigenvalue weighted by Crippen LogP contribution is -2.56. The van der Waals surface area contributed by atoms with Crippen LogP contribution in [0.5, 0.6) is 5.75 Å². The fourth-order valence-corrected chi connectivity index (χ4v) is 4.01. The number of nitrogens with one attached hydrogen (secondary N) is 2. The van der Waals surface area contributed by atoms with Crippen LogP contribution in [0.25, 0.3) is 0 Å². The number of aromatic amines is 1. The number of carbonyl (C=O) groups excluding carboxylic acids is 1. The van der Waals surface area contributed by atoms with E-state index in [-0.39, 0.29) is 29.4 Å². The second kappa shape index (κ2) is 7.20. The zero-order valence-electron chi connectivity index (χ0n) is 17.2. The van der Waals surface area contributed by atoms with Gasteiger partial charge in [0.2, 0.25) is 5.82 Å². The summed E-state index contributed by atoms with van der Waals surface area (Å²) in [5.74, 6) is 0.319. The van der Waals surface area contributed by atoms with Gasteiger partial charge in [-0.15, -0.1) is 0 Å². The minimum atomic E-state index is -3.59. The van der Waals surface area contributed by atoms with E-state index < -0.39 is 20.5 Å². The molecule has 162 valence electrons. The van der Waals surface area contributed by atoms with Crippen molar-refractivity contribution in [2.45, 2.75) is 37.6 Å². The molecule has 2 N–H and O–H groups in total. The van der Waals surface area contributed by atoms with Gasteiger partial charge >= 0.3 is 0 Å². The molecule has 4 rings (SSSR count). The van der Waals surface area contributed by atoms with E-state index in [9.17, 15) is 13.2 Å². The maximum Gasteiger partial charge on any atom is 0.294 e. The number of hydrogen-bond donors (Lipinski definition) is 2. The third-order valence-corrected chi connectivity index (χ3v) is 7.55. The first-order chi connectivity index (χ1) is 14.1. The quantitative estimate of drug-likeness (QED) is 0.709. The second-order valence-corrected chi connectivity index (χ2v) is 10.6. The number of morpholine rings is 1. The molecule has 2 aromatic rings. The molecule has 1 saturated heterocycles. The monoisotopic (exact) mass is 436 g/mol. The first-order valence-electron chi connectivity index (χ1n) is 9.51. The molecule has 2 aliphatic heterocycles. The van der Waals surface area contributed by atoms with Crippen molar-refractivity contribution in [3.63, 3.8) is 0 Å². The zero-order valence-corrected chi connectivity index (χ0v) is 18.0. The molecule has 30 heavy (non-hydrogen) atoms. The van der Waals surface area contributed by atoms with Crippen LogP contribution in [-0.2, 0) is 19.3 Å². The standard InChI is InChI=1S/C18H24N6O5S/c1-10-7-28-8-11-9-29-13-14(18(2,3)30(4,26)27)21-15(22-16(13)24(10)11)17(25)20-12-5-6-19-23-12/h5-6,10-11H,7-9H2,1-4H3,(H2,19,20,23,25)/t10-,11+/m1/s1. The van der Waals surface area contributed by atoms with Gasteiger partial charge in [0, 0.05) is 12.3 Å². The van der Waals surface area contributed by atoms with Crippen molar-refractivity contribution in [3.05, 3.63) is 23.8 Å². The van der Waals surface area contributed by atoms with Gasteiger partial charge < -0.3 is 19.7 Å². The van der Waals surface area contributed by atoms with Crippen LogP contribution in [0.1, 0.15) is 37.1 Å². The van der Waals surface area contributed by atoms with Gasteiger partial charge in [-0.05, 0) is 20.8 Å². The Balaban J connectivity index is 1.87. The third-order valence-electron chi connectivity index (χ3n) is 5.50. The average molecular weight is 436 g/mol. The van der Waals surface area contributed by atoms with Crippen LogP contribution in [0, 0.1) is 0 Å². The van der Waals surface area contributed by atoms with E-state index in [2.05, 4.69) is 25.5 Å². The molecule has 12 heteroatoms. The molecule has 2 aliphatic rings. The number of carbonyl (C=O) groups is 1. The Morgan fingerprint density at radius 3 is 2.73 bits per heavy atom. The number of rotatable bonds is 4. The van der Waals surface area contributed by atoms with Crippen LogP contribution in [0.4, 0.5) is 11.6 Å². The summed E-state index contributed by atoms with van der Waals surface area (Å²) < 4.78 is 35.3. The zero-order chi connectivity index (χ0) is 21.7. The lowest BCUT2D eigenvalue weighted by molar-refractivity contribution is 0.0481. The minimum Gasteiger partial charge on any atom is -0.486 e. The van der Waals surface area contributed by atoms with Crippen LogP contribution < -0.4 is 15.0 Å². The molecule has 11 nitrogen and oxygen atoms in total. The summed E-state index contributed by atoms with van der Waals surface area (Å²) in [7, 11) is -3.59. The predicted molar refractivity (Wildman–Crippen MR) is 108 cm³/mol. The second-order valence-electron chi connectivity index (χ2n) is 8.01. The van der Waals surface area contributed by atoms with Crippen molar-refractivity contribution in [1.29, 1.82) is 0 Å². The molecule has 0 bridgehead atoms. The summed E-state index contributed by atoms with van der Waals surface area (Å²) in [6.07, 6.45) is 2.63. The van der Waals surface area contributed by atoms with Gasteiger partial charge in [0.15, 0.2) is 21.4 Å². The highest BCUT2D eigenvalue weighted by Crippen LogP contribution is 2.43. The third kappa shape index (κ3) is 3.39. The molecule has 0 aromatic carbocycles. The van der Waals surface area contributed by atoms with E-state index in [4.69, 9.17) is 9.47 Å². The van der Waals surface area contributed by atoms with E-state index in [1.165, 1.54) is 6.20 Å². The van der Waals surface area contributed by atoms with Crippen molar-refractivity contribution in [2.24, 2.45) is 0 Å². The highest BCUT2D eigenvalue weighted by Gasteiger charge is 2.44. The predicted octanol–water partition coefficient (Wildman–Crippen LogP) is 0.718. The molecule has 0 spiro atoms. The summed E-state index contributed by atoms with van der Waals surface area (Å²) in [5, 5.41) is 9.06. The lowest BCUT2D eigenvalue weighted by Gasteiger charge is -2.45. The molecule has 0 saturated carbocycles. The van der Waals surface area contributed by atoms with Crippen molar-refractivity contribution in [2.75, 3.05) is 36.3 Å². The van der Waals surface area contributed by atoms with Gasteiger partial charge in [-0.25, -0.2) is 18.4 Å². The number of anilines is 2. The van der Waals surface area contributed by atoms with Gasteiger partial charge in [0.1, 0.15) is 22.9 Å². The van der Waals surface area contributed by atoms with Crippen LogP contribution in [0.3, 0.4) is 0 Å². The summed E-state index contributed by atoms with van der Waals surface area (Å²) in [4.78, 5) is 23.7. The molecule has 2 aromatic heterocycles. The smallest absolute Gasteiger partial charge is 0.294 e. The van der Waals surface area contributed by atoms with Gasteiger partial charge in [-0.1, -0.05) is 0 Å². The molecule has 1 amide bonds. The number of sulfone groups is 1. The van der Waals surface area contributed by atoms with Crippen molar-refractivity contribution >= 4 is 27.4 Å². The SMILES string of the molecule is C[C@@H]1COC[C@H]2COc3c(nc(C(=O)Nc4ccn[nH]4)nc3C(C)(C)S(C)(=O)=O)N21. The van der Waals surface area contributed by atoms with Gasteiger partial charge in [-0.2, -0.15) is 5.10 Å². The number of H-pyrrole nitrogens is 1. The molecule has 4 heterocycles. The maximum absolute atomic E-state index is 12.9. The molecule has 0 radical (unpaired) electrons. The molecule has 0 aliphatic carbocycles. The summed E-state index contributed by atoms with van der Waals surface area (Å²) >= 11 is 0. The first-order valence-corrected chi connectivity index (χ1v) is 11.4. The van der Waals surface area contributed by atoms with E-state index in [0.717, 1.165) is 6.26 Å². The van der Waals surface area contributed by atoms with Crippen molar-refractivity contribution < 1.29 is 22.7 Å². The van der Waals surface area contributed by atoms with E-state index in [1.54, 1.807) is 19.9 Å². The molecule has 0 unspecified atom stereocenters. The Bertz CT molecular complexity index is 1070. The van der Waals surface area contributed by atoms with Crippen LogP contribution >= 0.6 is 0 Å². The van der Waals surface area contributed by atoms with Crippen molar-refractivity contribution in [1.82, 2.24) is 20.2 Å². The largest absolute Gasteiger partial charge is 0.486 e. The molecular formula is C18H24N6O5S. The highest BCUT2D eigenvalue weighted by atomic mass is 32.2.